The highest BCUT2D eigenvalue weighted by atomic mass is 35.5. The van der Waals surface area contributed by atoms with Crippen molar-refractivity contribution in [3.63, 3.8) is 0 Å². The lowest BCUT2D eigenvalue weighted by Gasteiger charge is -2.07. The quantitative estimate of drug-likeness (QED) is 0.248. The monoisotopic (exact) mass is 354 g/mol. The molecular weight excluding hydrogens is 320 g/mol. The van der Waals surface area contributed by atoms with Crippen molar-refractivity contribution in [1.82, 2.24) is 0 Å². The molecule has 0 aromatic rings. The van der Waals surface area contributed by atoms with Gasteiger partial charge in [-0.25, -0.2) is 0 Å². The molecule has 0 aliphatic carbocycles. The van der Waals surface area contributed by atoms with Crippen LogP contribution in [0.3, 0.4) is 0 Å². The molecule has 6 heteroatoms. The lowest BCUT2D eigenvalue weighted by Crippen LogP contribution is -2.13. The Labute approximate surface area is 146 Å². The maximum absolute atomic E-state index is 5.51. The molecule has 0 amide bonds. The number of hydrogen-bond donors (Lipinski definition) is 0. The lowest BCUT2D eigenvalue weighted by molar-refractivity contribution is -0.0103. The molecule has 5 nitrogen and oxygen atoms in total. The molecule has 140 valence electrons. The van der Waals surface area contributed by atoms with E-state index in [1.54, 1.807) is 0 Å². The number of rotatable bonds is 20. The van der Waals surface area contributed by atoms with Gasteiger partial charge in [-0.3, -0.25) is 0 Å². The van der Waals surface area contributed by atoms with Gasteiger partial charge in [0.05, 0.1) is 59.5 Å². The minimum absolute atomic E-state index is 0.521. The van der Waals surface area contributed by atoms with E-state index in [2.05, 4.69) is 6.92 Å². The van der Waals surface area contributed by atoms with Gasteiger partial charge in [-0.15, -0.1) is 11.6 Å². The summed E-state index contributed by atoms with van der Waals surface area (Å²) in [6.07, 6.45) is 6.35. The van der Waals surface area contributed by atoms with Gasteiger partial charge >= 0.3 is 0 Å². The van der Waals surface area contributed by atoms with Gasteiger partial charge in [0.2, 0.25) is 0 Å². The van der Waals surface area contributed by atoms with Crippen LogP contribution in [0, 0.1) is 0 Å². The Morgan fingerprint density at radius 3 is 1.30 bits per heavy atom. The van der Waals surface area contributed by atoms with Gasteiger partial charge in [-0.05, 0) is 6.42 Å². The summed E-state index contributed by atoms with van der Waals surface area (Å²) in [4.78, 5) is 0. The summed E-state index contributed by atoms with van der Waals surface area (Å²) in [5.74, 6) is 0.521. The van der Waals surface area contributed by atoms with E-state index < -0.39 is 0 Å². The minimum atomic E-state index is 0.521. The van der Waals surface area contributed by atoms with Crippen molar-refractivity contribution in [3.8, 4) is 0 Å². The number of alkyl halides is 1. The average molecular weight is 355 g/mol. The van der Waals surface area contributed by atoms with Crippen LogP contribution in [-0.4, -0.2) is 71.9 Å². The van der Waals surface area contributed by atoms with Crippen molar-refractivity contribution in [1.29, 1.82) is 0 Å². The third kappa shape index (κ3) is 22.1. The molecule has 0 fully saturated rings. The lowest BCUT2D eigenvalue weighted by atomic mass is 10.2. The van der Waals surface area contributed by atoms with Crippen LogP contribution in [0.1, 0.15) is 39.0 Å². The first kappa shape index (κ1) is 23.1. The van der Waals surface area contributed by atoms with Gasteiger partial charge in [0.25, 0.3) is 0 Å². The normalized spacial score (nSPS) is 11.2. The zero-order valence-corrected chi connectivity index (χ0v) is 15.5. The van der Waals surface area contributed by atoms with Crippen LogP contribution in [0.15, 0.2) is 0 Å². The molecule has 0 radical (unpaired) electrons. The first-order valence-corrected chi connectivity index (χ1v) is 9.40. The summed E-state index contributed by atoms with van der Waals surface area (Å²) >= 11 is 5.48. The Morgan fingerprint density at radius 1 is 0.478 bits per heavy atom. The first-order valence-electron chi connectivity index (χ1n) is 8.86. The molecule has 0 heterocycles. The number of unbranched alkanes of at least 4 members (excludes halogenated alkanes) is 4. The Hall–Kier alpha value is 0.0900. The Balaban J connectivity index is 2.92. The number of hydrogen-bond acceptors (Lipinski definition) is 5. The minimum Gasteiger partial charge on any atom is -0.379 e. The van der Waals surface area contributed by atoms with Crippen LogP contribution in [0.25, 0.3) is 0 Å². The summed E-state index contributed by atoms with van der Waals surface area (Å²) in [5, 5.41) is 0. The summed E-state index contributed by atoms with van der Waals surface area (Å²) in [7, 11) is 0. The van der Waals surface area contributed by atoms with Gasteiger partial charge in [-0.1, -0.05) is 32.6 Å². The smallest absolute Gasteiger partial charge is 0.0701 e. The van der Waals surface area contributed by atoms with Crippen LogP contribution in [0.2, 0.25) is 0 Å². The molecule has 0 bridgehead atoms. The number of ether oxygens (including phenoxy) is 5. The molecule has 0 saturated heterocycles. The van der Waals surface area contributed by atoms with Gasteiger partial charge < -0.3 is 23.7 Å². The van der Waals surface area contributed by atoms with Gasteiger partial charge in [0.1, 0.15) is 0 Å². The Kier molecular flexibility index (Phi) is 22.2. The van der Waals surface area contributed by atoms with E-state index in [4.69, 9.17) is 35.3 Å². The summed E-state index contributed by atoms with van der Waals surface area (Å²) in [5.41, 5.74) is 0. The predicted molar refractivity (Wildman–Crippen MR) is 93.6 cm³/mol. The highest BCUT2D eigenvalue weighted by Crippen LogP contribution is 2.02. The standard InChI is InChI=1S/C17H35ClO5/c1-2-3-4-5-6-8-19-10-12-21-14-16-23-17-15-22-13-11-20-9-7-18/h2-17H2,1H3. The fourth-order valence-corrected chi connectivity index (χ4v) is 1.95. The van der Waals surface area contributed by atoms with Crippen LogP contribution < -0.4 is 0 Å². The van der Waals surface area contributed by atoms with Crippen LogP contribution in [0.4, 0.5) is 0 Å². The average Bonchev–Trinajstić information content (AvgIpc) is 2.57. The summed E-state index contributed by atoms with van der Waals surface area (Å²) < 4.78 is 26.8. The summed E-state index contributed by atoms with van der Waals surface area (Å²) in [6.45, 7) is 8.42. The predicted octanol–water partition coefficient (Wildman–Crippen LogP) is 3.28. The van der Waals surface area contributed by atoms with E-state index in [1.165, 1.54) is 25.7 Å². The zero-order valence-electron chi connectivity index (χ0n) is 14.7. The van der Waals surface area contributed by atoms with E-state index in [9.17, 15) is 0 Å². The van der Waals surface area contributed by atoms with Gasteiger partial charge in [0, 0.05) is 12.5 Å². The van der Waals surface area contributed by atoms with Crippen molar-refractivity contribution in [3.05, 3.63) is 0 Å². The molecule has 0 aliphatic rings. The van der Waals surface area contributed by atoms with Gasteiger partial charge in [0.15, 0.2) is 0 Å². The molecule has 0 aliphatic heterocycles. The largest absolute Gasteiger partial charge is 0.379 e. The van der Waals surface area contributed by atoms with Crippen molar-refractivity contribution < 1.29 is 23.7 Å². The van der Waals surface area contributed by atoms with Crippen LogP contribution in [0.5, 0.6) is 0 Å². The van der Waals surface area contributed by atoms with Crippen LogP contribution >= 0.6 is 11.6 Å². The molecule has 0 spiro atoms. The molecule has 0 N–H and O–H groups in total. The molecule has 0 aromatic heterocycles. The maximum Gasteiger partial charge on any atom is 0.0701 e. The van der Waals surface area contributed by atoms with E-state index >= 15 is 0 Å². The van der Waals surface area contributed by atoms with Gasteiger partial charge in [-0.2, -0.15) is 0 Å². The topological polar surface area (TPSA) is 46.2 Å². The van der Waals surface area contributed by atoms with E-state index in [0.29, 0.717) is 65.3 Å². The zero-order chi connectivity index (χ0) is 16.8. The van der Waals surface area contributed by atoms with Crippen molar-refractivity contribution in [2.45, 2.75) is 39.0 Å². The molecule has 0 saturated carbocycles. The second-order valence-electron chi connectivity index (χ2n) is 5.17. The molecular formula is C17H35ClO5. The summed E-state index contributed by atoms with van der Waals surface area (Å²) in [6, 6.07) is 0. The Bertz CT molecular complexity index is 187. The number of halogens is 1. The molecule has 23 heavy (non-hydrogen) atoms. The Morgan fingerprint density at radius 2 is 0.870 bits per heavy atom. The highest BCUT2D eigenvalue weighted by molar-refractivity contribution is 6.17. The van der Waals surface area contributed by atoms with E-state index in [0.717, 1.165) is 13.0 Å². The second-order valence-corrected chi connectivity index (χ2v) is 5.54. The highest BCUT2D eigenvalue weighted by Gasteiger charge is 1.94. The second kappa shape index (κ2) is 22.1. The van der Waals surface area contributed by atoms with E-state index in [1.807, 2.05) is 0 Å². The molecule has 0 unspecified atom stereocenters. The fraction of sp³-hybridized carbons (Fsp3) is 1.00. The molecule has 0 rings (SSSR count). The van der Waals surface area contributed by atoms with Crippen molar-refractivity contribution in [2.75, 3.05) is 71.9 Å². The third-order valence-corrected chi connectivity index (χ3v) is 3.26. The molecule has 0 aromatic carbocycles. The maximum atomic E-state index is 5.51. The van der Waals surface area contributed by atoms with E-state index in [-0.39, 0.29) is 0 Å². The fourth-order valence-electron chi connectivity index (χ4n) is 1.84. The van der Waals surface area contributed by atoms with Crippen molar-refractivity contribution in [2.24, 2.45) is 0 Å². The molecule has 0 atom stereocenters. The third-order valence-electron chi connectivity index (χ3n) is 3.10. The SMILES string of the molecule is CCCCCCCOCCOCCOCCOCCOCCCl. The first-order chi connectivity index (χ1) is 11.4. The van der Waals surface area contributed by atoms with Crippen molar-refractivity contribution >= 4 is 11.6 Å². The van der Waals surface area contributed by atoms with Crippen LogP contribution in [-0.2, 0) is 23.7 Å².